The zero-order valence-corrected chi connectivity index (χ0v) is 11.0. The Bertz CT molecular complexity index is 451. The summed E-state index contributed by atoms with van der Waals surface area (Å²) in [6, 6.07) is 3.56. The van der Waals surface area contributed by atoms with Crippen LogP contribution in [0.2, 0.25) is 5.02 Å². The number of benzene rings is 1. The van der Waals surface area contributed by atoms with Gasteiger partial charge in [-0.2, -0.15) is 0 Å². The van der Waals surface area contributed by atoms with Crippen molar-refractivity contribution >= 4 is 29.1 Å². The van der Waals surface area contributed by atoms with E-state index < -0.39 is 11.8 Å². The Morgan fingerprint density at radius 2 is 1.94 bits per heavy atom. The van der Waals surface area contributed by atoms with E-state index >= 15 is 0 Å². The van der Waals surface area contributed by atoms with Gasteiger partial charge in [-0.05, 0) is 31.0 Å². The number of carbonyl (C=O) groups excluding carboxylic acids is 2. The van der Waals surface area contributed by atoms with E-state index in [4.69, 9.17) is 16.7 Å². The third-order valence-corrected chi connectivity index (χ3v) is 2.57. The van der Waals surface area contributed by atoms with Crippen molar-refractivity contribution in [3.63, 3.8) is 0 Å². The molecular weight excluding hydrogens is 256 g/mol. The summed E-state index contributed by atoms with van der Waals surface area (Å²) in [6.07, 6.45) is 0. The van der Waals surface area contributed by atoms with Crippen LogP contribution in [0.5, 0.6) is 0 Å². The lowest BCUT2D eigenvalue weighted by molar-refractivity contribution is -0.136. The Labute approximate surface area is 110 Å². The molecule has 2 amide bonds. The van der Waals surface area contributed by atoms with E-state index in [0.29, 0.717) is 10.7 Å². The van der Waals surface area contributed by atoms with Gasteiger partial charge in [-0.25, -0.2) is 0 Å². The minimum absolute atomic E-state index is 0.0346. The van der Waals surface area contributed by atoms with Crippen LogP contribution in [0.25, 0.3) is 0 Å². The molecule has 0 spiro atoms. The molecule has 18 heavy (non-hydrogen) atoms. The highest BCUT2D eigenvalue weighted by atomic mass is 35.5. The lowest BCUT2D eigenvalue weighted by atomic mass is 10.1. The fraction of sp³-hybridized carbons (Fsp3) is 0.333. The molecule has 0 aliphatic carbocycles. The number of aryl methyl sites for hydroxylation is 2. The zero-order valence-electron chi connectivity index (χ0n) is 10.2. The molecule has 3 N–H and O–H groups in total. The van der Waals surface area contributed by atoms with Crippen LogP contribution in [0.1, 0.15) is 11.1 Å². The van der Waals surface area contributed by atoms with Crippen molar-refractivity contribution in [1.29, 1.82) is 0 Å². The Morgan fingerprint density at radius 1 is 1.28 bits per heavy atom. The minimum atomic E-state index is -0.808. The van der Waals surface area contributed by atoms with Crippen LogP contribution in [-0.2, 0) is 9.59 Å². The maximum atomic E-state index is 11.5. The van der Waals surface area contributed by atoms with Crippen molar-refractivity contribution < 1.29 is 14.7 Å². The molecule has 0 fully saturated rings. The summed E-state index contributed by atoms with van der Waals surface area (Å²) in [5.41, 5.74) is 2.18. The minimum Gasteiger partial charge on any atom is -0.395 e. The summed E-state index contributed by atoms with van der Waals surface area (Å²) in [7, 11) is 0. The number of anilines is 1. The van der Waals surface area contributed by atoms with Crippen molar-refractivity contribution in [1.82, 2.24) is 5.32 Å². The molecule has 0 bridgehead atoms. The Hall–Kier alpha value is -1.59. The highest BCUT2D eigenvalue weighted by molar-refractivity contribution is 6.41. The van der Waals surface area contributed by atoms with Crippen molar-refractivity contribution in [3.8, 4) is 0 Å². The average Bonchev–Trinajstić information content (AvgIpc) is 2.30. The van der Waals surface area contributed by atoms with E-state index in [-0.39, 0.29) is 13.2 Å². The van der Waals surface area contributed by atoms with E-state index in [0.717, 1.165) is 11.1 Å². The number of carbonyl (C=O) groups is 2. The topological polar surface area (TPSA) is 78.4 Å². The SMILES string of the molecule is Cc1cc(C)c(NC(=O)C(=O)NCCO)c(Cl)c1. The molecule has 1 aromatic carbocycles. The van der Waals surface area contributed by atoms with E-state index in [1.54, 1.807) is 13.0 Å². The monoisotopic (exact) mass is 270 g/mol. The zero-order chi connectivity index (χ0) is 13.7. The van der Waals surface area contributed by atoms with Gasteiger partial charge >= 0.3 is 11.8 Å². The molecule has 0 atom stereocenters. The smallest absolute Gasteiger partial charge is 0.313 e. The second-order valence-electron chi connectivity index (χ2n) is 3.87. The number of hydrogen-bond donors (Lipinski definition) is 3. The van der Waals surface area contributed by atoms with Gasteiger partial charge in [-0.1, -0.05) is 17.7 Å². The van der Waals surface area contributed by atoms with Crippen LogP contribution >= 0.6 is 11.6 Å². The first kappa shape index (κ1) is 14.5. The molecule has 0 saturated heterocycles. The second kappa shape index (κ2) is 6.37. The third kappa shape index (κ3) is 3.72. The molecule has 0 aliphatic heterocycles. The highest BCUT2D eigenvalue weighted by Crippen LogP contribution is 2.27. The predicted molar refractivity (Wildman–Crippen MR) is 69.7 cm³/mol. The first-order chi connectivity index (χ1) is 8.45. The molecule has 1 aromatic rings. The van der Waals surface area contributed by atoms with E-state index in [1.165, 1.54) is 0 Å². The van der Waals surface area contributed by atoms with Gasteiger partial charge in [-0.15, -0.1) is 0 Å². The molecule has 0 unspecified atom stereocenters. The molecule has 6 heteroatoms. The van der Waals surface area contributed by atoms with Crippen LogP contribution in [0.3, 0.4) is 0 Å². The first-order valence-corrected chi connectivity index (χ1v) is 5.80. The fourth-order valence-electron chi connectivity index (χ4n) is 1.49. The van der Waals surface area contributed by atoms with E-state index in [9.17, 15) is 9.59 Å². The second-order valence-corrected chi connectivity index (χ2v) is 4.28. The van der Waals surface area contributed by atoms with Gasteiger partial charge in [0.15, 0.2) is 0 Å². The Morgan fingerprint density at radius 3 is 2.50 bits per heavy atom. The molecule has 5 nitrogen and oxygen atoms in total. The highest BCUT2D eigenvalue weighted by Gasteiger charge is 2.15. The van der Waals surface area contributed by atoms with Crippen LogP contribution in [0.4, 0.5) is 5.69 Å². The molecular formula is C12H15ClN2O3. The van der Waals surface area contributed by atoms with Gasteiger partial charge in [0.25, 0.3) is 0 Å². The number of nitrogens with one attached hydrogen (secondary N) is 2. The summed E-state index contributed by atoms with van der Waals surface area (Å²) in [6.45, 7) is 3.49. The summed E-state index contributed by atoms with van der Waals surface area (Å²) in [5.74, 6) is -1.61. The number of aliphatic hydroxyl groups excluding tert-OH is 1. The summed E-state index contributed by atoms with van der Waals surface area (Å²) >= 11 is 6.00. The van der Waals surface area contributed by atoms with Crippen molar-refractivity contribution in [2.75, 3.05) is 18.5 Å². The fourth-order valence-corrected chi connectivity index (χ4v) is 1.86. The number of aliphatic hydroxyl groups is 1. The standard InChI is InChI=1S/C12H15ClN2O3/c1-7-5-8(2)10(9(13)6-7)15-12(18)11(17)14-3-4-16/h5-6,16H,3-4H2,1-2H3,(H,14,17)(H,15,18). The summed E-state index contributed by atoms with van der Waals surface area (Å²) in [5, 5.41) is 13.6. The largest absolute Gasteiger partial charge is 0.395 e. The first-order valence-electron chi connectivity index (χ1n) is 5.42. The molecule has 0 radical (unpaired) electrons. The lowest BCUT2D eigenvalue weighted by Gasteiger charge is -2.11. The number of halogens is 1. The Kier molecular flexibility index (Phi) is 5.12. The van der Waals surface area contributed by atoms with Gasteiger partial charge in [-0.3, -0.25) is 9.59 Å². The van der Waals surface area contributed by atoms with Crippen LogP contribution in [-0.4, -0.2) is 30.1 Å². The quantitative estimate of drug-likeness (QED) is 0.717. The third-order valence-electron chi connectivity index (χ3n) is 2.27. The normalized spacial score (nSPS) is 10.0. The van der Waals surface area contributed by atoms with E-state index in [1.807, 2.05) is 13.0 Å². The van der Waals surface area contributed by atoms with Gasteiger partial charge in [0.05, 0.1) is 17.3 Å². The van der Waals surface area contributed by atoms with Crippen molar-refractivity contribution in [2.45, 2.75) is 13.8 Å². The van der Waals surface area contributed by atoms with Gasteiger partial charge in [0, 0.05) is 6.54 Å². The van der Waals surface area contributed by atoms with Gasteiger partial charge in [0.1, 0.15) is 0 Å². The molecule has 98 valence electrons. The lowest BCUT2D eigenvalue weighted by Crippen LogP contribution is -2.37. The number of amides is 2. The molecule has 1 rings (SSSR count). The predicted octanol–water partition coefficient (Wildman–Crippen LogP) is 1.00. The molecule has 0 aliphatic rings. The number of hydrogen-bond acceptors (Lipinski definition) is 3. The van der Waals surface area contributed by atoms with Crippen LogP contribution < -0.4 is 10.6 Å². The van der Waals surface area contributed by atoms with Crippen molar-refractivity contribution in [3.05, 3.63) is 28.3 Å². The molecule has 0 aromatic heterocycles. The molecule has 0 saturated carbocycles. The summed E-state index contributed by atoms with van der Waals surface area (Å²) in [4.78, 5) is 22.9. The van der Waals surface area contributed by atoms with Crippen LogP contribution in [0, 0.1) is 13.8 Å². The maximum absolute atomic E-state index is 11.5. The number of rotatable bonds is 3. The average molecular weight is 271 g/mol. The maximum Gasteiger partial charge on any atom is 0.313 e. The molecule has 0 heterocycles. The summed E-state index contributed by atoms with van der Waals surface area (Å²) < 4.78 is 0. The van der Waals surface area contributed by atoms with Crippen molar-refractivity contribution in [2.24, 2.45) is 0 Å². The Balaban J connectivity index is 2.79. The van der Waals surface area contributed by atoms with Gasteiger partial charge in [0.2, 0.25) is 0 Å². The van der Waals surface area contributed by atoms with E-state index in [2.05, 4.69) is 10.6 Å². The van der Waals surface area contributed by atoms with Gasteiger partial charge < -0.3 is 15.7 Å². The van der Waals surface area contributed by atoms with Crippen LogP contribution in [0.15, 0.2) is 12.1 Å².